The van der Waals surface area contributed by atoms with E-state index in [-0.39, 0.29) is 5.56 Å². The smallest absolute Gasteiger partial charge is 0.349 e. The molecule has 1 unspecified atom stereocenters. The second-order valence-electron chi connectivity index (χ2n) is 7.19. The Balaban J connectivity index is 1.57. The van der Waals surface area contributed by atoms with Crippen LogP contribution < -0.4 is 15.7 Å². The number of ether oxygens (including phenoxy) is 1. The van der Waals surface area contributed by atoms with Gasteiger partial charge in [0, 0.05) is 16.3 Å². The molecule has 1 aromatic carbocycles. The van der Waals surface area contributed by atoms with E-state index in [0.717, 1.165) is 31.4 Å². The highest BCUT2D eigenvalue weighted by atomic mass is 32.1. The van der Waals surface area contributed by atoms with Crippen LogP contribution in [0.25, 0.3) is 11.0 Å². The number of hydrogen-bond donors (Lipinski definition) is 1. The van der Waals surface area contributed by atoms with Crippen LogP contribution >= 0.6 is 11.3 Å². The number of anilines is 1. The number of carbonyl (C=O) groups excluding carboxylic acids is 1. The van der Waals surface area contributed by atoms with Crippen LogP contribution in [0.3, 0.4) is 0 Å². The molecular weight excluding hydrogens is 376 g/mol. The van der Waals surface area contributed by atoms with E-state index in [2.05, 4.69) is 17.2 Å². The molecule has 2 heterocycles. The van der Waals surface area contributed by atoms with Crippen LogP contribution in [0.15, 0.2) is 33.5 Å². The first-order chi connectivity index (χ1) is 13.5. The lowest BCUT2D eigenvalue weighted by molar-refractivity contribution is 0.102. The summed E-state index contributed by atoms with van der Waals surface area (Å²) in [5.74, 6) is 0.772. The summed E-state index contributed by atoms with van der Waals surface area (Å²) in [6.45, 7) is 4.83. The van der Waals surface area contributed by atoms with Crippen molar-refractivity contribution >= 4 is 33.3 Å². The van der Waals surface area contributed by atoms with E-state index in [1.807, 2.05) is 6.92 Å². The zero-order valence-electron chi connectivity index (χ0n) is 15.9. The molecule has 6 nitrogen and oxygen atoms in total. The van der Waals surface area contributed by atoms with Gasteiger partial charge in [-0.2, -0.15) is 0 Å². The third-order valence-electron chi connectivity index (χ3n) is 4.83. The van der Waals surface area contributed by atoms with Crippen LogP contribution in [0.5, 0.6) is 5.75 Å². The Labute approximate surface area is 166 Å². The average molecular weight is 398 g/mol. The lowest BCUT2D eigenvalue weighted by atomic mass is 9.93. The quantitative estimate of drug-likeness (QED) is 0.644. The fourth-order valence-corrected chi connectivity index (χ4v) is 4.48. The Morgan fingerprint density at radius 1 is 1.39 bits per heavy atom. The largest absolute Gasteiger partial charge is 0.493 e. The molecule has 0 aliphatic heterocycles. The molecule has 0 saturated heterocycles. The highest BCUT2D eigenvalue weighted by molar-refractivity contribution is 7.15. The molecule has 3 aromatic rings. The monoisotopic (exact) mass is 398 g/mol. The summed E-state index contributed by atoms with van der Waals surface area (Å²) in [5.41, 5.74) is 0.751. The van der Waals surface area contributed by atoms with Gasteiger partial charge >= 0.3 is 5.63 Å². The standard InChI is InChI=1S/C21H22N2O4S/c1-3-8-26-14-6-5-13-10-15(20(25)27-17(13)11-14)19(24)23-21-22-16-7-4-12(2)9-18(16)28-21/h5-6,10-12H,3-4,7-9H2,1-2H3,(H,22,23,24). The number of amides is 1. The number of carbonyl (C=O) groups is 1. The van der Waals surface area contributed by atoms with Gasteiger partial charge in [-0.05, 0) is 49.8 Å². The summed E-state index contributed by atoms with van der Waals surface area (Å²) < 4.78 is 10.9. The predicted molar refractivity (Wildman–Crippen MR) is 110 cm³/mol. The van der Waals surface area contributed by atoms with Gasteiger partial charge in [0.25, 0.3) is 5.91 Å². The highest BCUT2D eigenvalue weighted by Crippen LogP contribution is 2.32. The van der Waals surface area contributed by atoms with Crippen LogP contribution in [0.1, 0.15) is 47.6 Å². The maximum absolute atomic E-state index is 12.6. The van der Waals surface area contributed by atoms with Crippen molar-refractivity contribution in [1.82, 2.24) is 4.98 Å². The lowest BCUT2D eigenvalue weighted by Gasteiger charge is -2.15. The Morgan fingerprint density at radius 3 is 3.07 bits per heavy atom. The molecule has 1 aliphatic carbocycles. The number of hydrogen-bond acceptors (Lipinski definition) is 6. The third kappa shape index (κ3) is 3.80. The maximum atomic E-state index is 12.6. The zero-order chi connectivity index (χ0) is 19.7. The van der Waals surface area contributed by atoms with Gasteiger partial charge in [-0.3, -0.25) is 10.1 Å². The van der Waals surface area contributed by atoms with Gasteiger partial charge < -0.3 is 9.15 Å². The van der Waals surface area contributed by atoms with Gasteiger partial charge in [-0.15, -0.1) is 11.3 Å². The van der Waals surface area contributed by atoms with E-state index in [1.54, 1.807) is 24.3 Å². The Kier molecular flexibility index (Phi) is 5.17. The molecule has 1 aliphatic rings. The molecule has 2 aromatic heterocycles. The molecule has 146 valence electrons. The van der Waals surface area contributed by atoms with E-state index in [4.69, 9.17) is 9.15 Å². The first-order valence-corrected chi connectivity index (χ1v) is 10.4. The van der Waals surface area contributed by atoms with Gasteiger partial charge in [0.2, 0.25) is 0 Å². The second-order valence-corrected chi connectivity index (χ2v) is 8.27. The predicted octanol–water partition coefficient (Wildman–Crippen LogP) is 4.42. The molecule has 4 rings (SSSR count). The van der Waals surface area contributed by atoms with E-state index in [0.29, 0.717) is 34.4 Å². The lowest BCUT2D eigenvalue weighted by Crippen LogP contribution is -2.20. The number of thiazole rings is 1. The number of benzene rings is 1. The van der Waals surface area contributed by atoms with Gasteiger partial charge in [0.05, 0.1) is 12.3 Å². The molecule has 0 spiro atoms. The van der Waals surface area contributed by atoms with Crippen molar-refractivity contribution in [3.8, 4) is 5.75 Å². The van der Waals surface area contributed by atoms with Crippen molar-refractivity contribution < 1.29 is 13.9 Å². The molecule has 0 radical (unpaired) electrons. The SMILES string of the molecule is CCCOc1ccc2cc(C(=O)Nc3nc4c(s3)CC(C)CC4)c(=O)oc2c1. The van der Waals surface area contributed by atoms with Crippen LogP contribution in [0.2, 0.25) is 0 Å². The van der Waals surface area contributed by atoms with E-state index >= 15 is 0 Å². The second kappa shape index (κ2) is 7.75. The van der Waals surface area contributed by atoms with Crippen molar-refractivity contribution in [3.63, 3.8) is 0 Å². The minimum Gasteiger partial charge on any atom is -0.493 e. The minimum absolute atomic E-state index is 0.0312. The van der Waals surface area contributed by atoms with Crippen molar-refractivity contribution in [2.75, 3.05) is 11.9 Å². The van der Waals surface area contributed by atoms with Crippen molar-refractivity contribution in [1.29, 1.82) is 0 Å². The Hall–Kier alpha value is -2.67. The maximum Gasteiger partial charge on any atom is 0.349 e. The van der Waals surface area contributed by atoms with Crippen molar-refractivity contribution in [2.24, 2.45) is 5.92 Å². The van der Waals surface area contributed by atoms with Gasteiger partial charge in [0.1, 0.15) is 16.9 Å². The summed E-state index contributed by atoms with van der Waals surface area (Å²) in [6, 6.07) is 6.80. The topological polar surface area (TPSA) is 81.4 Å². The summed E-state index contributed by atoms with van der Waals surface area (Å²) in [6.07, 6.45) is 3.93. The zero-order valence-corrected chi connectivity index (χ0v) is 16.7. The number of aryl methyl sites for hydroxylation is 1. The molecule has 28 heavy (non-hydrogen) atoms. The molecule has 1 amide bonds. The van der Waals surface area contributed by atoms with Crippen molar-refractivity contribution in [3.05, 3.63) is 50.8 Å². The number of aromatic nitrogens is 1. The van der Waals surface area contributed by atoms with Crippen LogP contribution in [0, 0.1) is 5.92 Å². The summed E-state index contributed by atoms with van der Waals surface area (Å²) in [5, 5.41) is 3.96. The number of rotatable bonds is 5. The molecule has 7 heteroatoms. The normalized spacial score (nSPS) is 16.0. The summed E-state index contributed by atoms with van der Waals surface area (Å²) >= 11 is 1.49. The summed E-state index contributed by atoms with van der Waals surface area (Å²) in [7, 11) is 0. The molecule has 1 N–H and O–H groups in total. The first-order valence-electron chi connectivity index (χ1n) is 9.54. The van der Waals surface area contributed by atoms with E-state index in [1.165, 1.54) is 16.2 Å². The Bertz CT molecular complexity index is 1090. The number of nitrogens with one attached hydrogen (secondary N) is 1. The Morgan fingerprint density at radius 2 is 2.25 bits per heavy atom. The molecule has 0 saturated carbocycles. The van der Waals surface area contributed by atoms with Crippen molar-refractivity contribution in [2.45, 2.75) is 39.5 Å². The first kappa shape index (κ1) is 18.7. The fraction of sp³-hybridized carbons (Fsp3) is 0.381. The molecule has 0 bridgehead atoms. The summed E-state index contributed by atoms with van der Waals surface area (Å²) in [4.78, 5) is 30.7. The fourth-order valence-electron chi connectivity index (χ4n) is 3.32. The van der Waals surface area contributed by atoms with Crippen LogP contribution in [0.4, 0.5) is 5.13 Å². The molecular formula is C21H22N2O4S. The third-order valence-corrected chi connectivity index (χ3v) is 5.87. The highest BCUT2D eigenvalue weighted by Gasteiger charge is 2.22. The van der Waals surface area contributed by atoms with Gasteiger partial charge in [0.15, 0.2) is 5.13 Å². The minimum atomic E-state index is -0.674. The van der Waals surface area contributed by atoms with E-state index < -0.39 is 11.5 Å². The van der Waals surface area contributed by atoms with Gasteiger partial charge in [-0.25, -0.2) is 9.78 Å². The van der Waals surface area contributed by atoms with Gasteiger partial charge in [-0.1, -0.05) is 13.8 Å². The van der Waals surface area contributed by atoms with E-state index in [9.17, 15) is 9.59 Å². The molecule has 1 atom stereocenters. The van der Waals surface area contributed by atoms with Crippen LogP contribution in [-0.4, -0.2) is 17.5 Å². The molecule has 0 fully saturated rings. The average Bonchev–Trinajstić information content (AvgIpc) is 3.06. The van der Waals surface area contributed by atoms with Crippen LogP contribution in [-0.2, 0) is 12.8 Å². The number of nitrogens with zero attached hydrogens (tertiary/aromatic N) is 1. The number of fused-ring (bicyclic) bond motifs is 2.